The van der Waals surface area contributed by atoms with Crippen molar-refractivity contribution < 1.29 is 23.8 Å². The number of aliphatic hydroxyl groups is 1. The number of carboxylic acid groups (broad SMARTS) is 1. The molecule has 0 spiro atoms. The van der Waals surface area contributed by atoms with E-state index >= 15 is 0 Å². The van der Waals surface area contributed by atoms with Gasteiger partial charge in [-0.2, -0.15) is 0 Å². The predicted octanol–water partition coefficient (Wildman–Crippen LogP) is 1.47. The van der Waals surface area contributed by atoms with Crippen LogP contribution in [0.1, 0.15) is 18.1 Å². The molecular weight excluding hydrogens is 194 g/mol. The standard InChI is InChI=1S/C9H8F2O3/c10-5-1-2-7(11)6(3-5)8(12)4-9(13)14/h1-3,8,12H,4H2,(H,13,14). The van der Waals surface area contributed by atoms with Gasteiger partial charge in [0, 0.05) is 5.56 Å². The SMILES string of the molecule is O=C(O)CC(O)c1cc(F)ccc1F. The molecule has 1 rings (SSSR count). The number of rotatable bonds is 3. The summed E-state index contributed by atoms with van der Waals surface area (Å²) in [5.41, 5.74) is -0.340. The Hall–Kier alpha value is -1.49. The van der Waals surface area contributed by atoms with Crippen LogP contribution in [0.4, 0.5) is 8.78 Å². The zero-order valence-electron chi connectivity index (χ0n) is 7.08. The molecule has 1 aromatic carbocycles. The Balaban J connectivity index is 2.93. The second-order valence-corrected chi connectivity index (χ2v) is 2.78. The van der Waals surface area contributed by atoms with Gasteiger partial charge in [0.2, 0.25) is 0 Å². The second kappa shape index (κ2) is 4.15. The summed E-state index contributed by atoms with van der Waals surface area (Å²) in [6.07, 6.45) is -2.18. The topological polar surface area (TPSA) is 57.5 Å². The van der Waals surface area contributed by atoms with Crippen LogP contribution in [-0.4, -0.2) is 16.2 Å². The molecule has 0 aliphatic rings. The van der Waals surface area contributed by atoms with Crippen molar-refractivity contribution in [2.24, 2.45) is 0 Å². The lowest BCUT2D eigenvalue weighted by molar-refractivity contribution is -0.139. The number of benzene rings is 1. The fourth-order valence-electron chi connectivity index (χ4n) is 1.05. The zero-order valence-corrected chi connectivity index (χ0v) is 7.08. The van der Waals surface area contributed by atoms with Crippen LogP contribution in [0, 0.1) is 11.6 Å². The van der Waals surface area contributed by atoms with Crippen LogP contribution in [0.25, 0.3) is 0 Å². The lowest BCUT2D eigenvalue weighted by Gasteiger charge is -2.08. The molecule has 0 amide bonds. The highest BCUT2D eigenvalue weighted by Gasteiger charge is 2.16. The maximum atomic E-state index is 13.0. The van der Waals surface area contributed by atoms with Gasteiger partial charge in [0.15, 0.2) is 0 Å². The van der Waals surface area contributed by atoms with Gasteiger partial charge in [0.25, 0.3) is 0 Å². The van der Waals surface area contributed by atoms with Crippen molar-refractivity contribution in [1.82, 2.24) is 0 Å². The van der Waals surface area contributed by atoms with Crippen molar-refractivity contribution in [2.45, 2.75) is 12.5 Å². The summed E-state index contributed by atoms with van der Waals surface area (Å²) in [6.45, 7) is 0. The molecule has 1 unspecified atom stereocenters. The highest BCUT2D eigenvalue weighted by atomic mass is 19.1. The van der Waals surface area contributed by atoms with E-state index in [1.807, 2.05) is 0 Å². The molecule has 0 heterocycles. The molecule has 0 aliphatic heterocycles. The predicted molar refractivity (Wildman–Crippen MR) is 43.6 cm³/mol. The van der Waals surface area contributed by atoms with E-state index in [1.54, 1.807) is 0 Å². The van der Waals surface area contributed by atoms with Crippen LogP contribution < -0.4 is 0 Å². The molecule has 0 fully saturated rings. The summed E-state index contributed by atoms with van der Waals surface area (Å²) < 4.78 is 25.6. The molecule has 1 atom stereocenters. The third kappa shape index (κ3) is 2.50. The van der Waals surface area contributed by atoms with E-state index in [0.29, 0.717) is 0 Å². The minimum absolute atomic E-state index is 0.340. The van der Waals surface area contributed by atoms with Crippen LogP contribution in [0.5, 0.6) is 0 Å². The minimum atomic E-state index is -1.52. The van der Waals surface area contributed by atoms with E-state index in [9.17, 15) is 18.7 Å². The van der Waals surface area contributed by atoms with Crippen molar-refractivity contribution in [1.29, 1.82) is 0 Å². The van der Waals surface area contributed by atoms with Crippen LogP contribution in [0.2, 0.25) is 0 Å². The Morgan fingerprint density at radius 2 is 2.07 bits per heavy atom. The van der Waals surface area contributed by atoms with Crippen molar-refractivity contribution >= 4 is 5.97 Å². The van der Waals surface area contributed by atoms with E-state index in [4.69, 9.17) is 5.11 Å². The van der Waals surface area contributed by atoms with Gasteiger partial charge < -0.3 is 10.2 Å². The molecule has 0 bridgehead atoms. The highest BCUT2D eigenvalue weighted by Crippen LogP contribution is 2.20. The third-order valence-corrected chi connectivity index (χ3v) is 1.69. The van der Waals surface area contributed by atoms with E-state index in [0.717, 1.165) is 18.2 Å². The number of hydrogen-bond acceptors (Lipinski definition) is 2. The molecule has 2 N–H and O–H groups in total. The highest BCUT2D eigenvalue weighted by molar-refractivity contribution is 5.67. The number of hydrogen-bond donors (Lipinski definition) is 2. The monoisotopic (exact) mass is 202 g/mol. The maximum absolute atomic E-state index is 13.0. The van der Waals surface area contributed by atoms with E-state index < -0.39 is 30.1 Å². The fourth-order valence-corrected chi connectivity index (χ4v) is 1.05. The van der Waals surface area contributed by atoms with Crippen molar-refractivity contribution in [2.75, 3.05) is 0 Å². The molecule has 76 valence electrons. The molecule has 0 aromatic heterocycles. The first-order valence-electron chi connectivity index (χ1n) is 3.85. The lowest BCUT2D eigenvalue weighted by atomic mass is 10.1. The molecular formula is C9H8F2O3. The van der Waals surface area contributed by atoms with Crippen molar-refractivity contribution in [3.8, 4) is 0 Å². The van der Waals surface area contributed by atoms with Gasteiger partial charge in [0.1, 0.15) is 11.6 Å². The summed E-state index contributed by atoms with van der Waals surface area (Å²) in [7, 11) is 0. The smallest absolute Gasteiger partial charge is 0.306 e. The van der Waals surface area contributed by atoms with Gasteiger partial charge in [-0.1, -0.05) is 0 Å². The summed E-state index contributed by atoms with van der Waals surface area (Å²) in [6, 6.07) is 2.52. The first-order valence-corrected chi connectivity index (χ1v) is 3.85. The Kier molecular flexibility index (Phi) is 3.14. The summed E-state index contributed by atoms with van der Waals surface area (Å²) >= 11 is 0. The zero-order chi connectivity index (χ0) is 10.7. The van der Waals surface area contributed by atoms with E-state index in [-0.39, 0.29) is 5.56 Å². The number of carboxylic acids is 1. The first-order chi connectivity index (χ1) is 6.50. The molecule has 0 radical (unpaired) electrons. The molecule has 0 aliphatic carbocycles. The number of aliphatic hydroxyl groups excluding tert-OH is 1. The molecule has 0 saturated carbocycles. The van der Waals surface area contributed by atoms with Crippen LogP contribution in [0.3, 0.4) is 0 Å². The first kappa shape index (κ1) is 10.6. The number of halogens is 2. The van der Waals surface area contributed by atoms with Gasteiger partial charge >= 0.3 is 5.97 Å². The summed E-state index contributed by atoms with van der Waals surface area (Å²) in [5, 5.41) is 17.5. The summed E-state index contributed by atoms with van der Waals surface area (Å²) in [4.78, 5) is 10.2. The fraction of sp³-hybridized carbons (Fsp3) is 0.222. The van der Waals surface area contributed by atoms with Crippen molar-refractivity contribution in [3.05, 3.63) is 35.4 Å². The second-order valence-electron chi connectivity index (χ2n) is 2.78. The largest absolute Gasteiger partial charge is 0.481 e. The van der Waals surface area contributed by atoms with Gasteiger partial charge in [-0.3, -0.25) is 4.79 Å². The average Bonchev–Trinajstić information content (AvgIpc) is 2.08. The number of aliphatic carboxylic acids is 1. The Labute approximate surface area is 78.6 Å². The lowest BCUT2D eigenvalue weighted by Crippen LogP contribution is -2.07. The normalized spacial score (nSPS) is 12.5. The average molecular weight is 202 g/mol. The minimum Gasteiger partial charge on any atom is -0.481 e. The molecule has 0 saturated heterocycles. The van der Waals surface area contributed by atoms with E-state index in [2.05, 4.69) is 0 Å². The van der Waals surface area contributed by atoms with Gasteiger partial charge in [0.05, 0.1) is 12.5 Å². The Morgan fingerprint density at radius 1 is 1.43 bits per heavy atom. The third-order valence-electron chi connectivity index (χ3n) is 1.69. The maximum Gasteiger partial charge on any atom is 0.306 e. The Morgan fingerprint density at radius 3 is 2.64 bits per heavy atom. The van der Waals surface area contributed by atoms with Crippen LogP contribution in [0.15, 0.2) is 18.2 Å². The Bertz CT molecular complexity index is 352. The molecule has 1 aromatic rings. The quantitative estimate of drug-likeness (QED) is 0.780. The van der Waals surface area contributed by atoms with E-state index in [1.165, 1.54) is 0 Å². The number of carbonyl (C=O) groups is 1. The molecule has 14 heavy (non-hydrogen) atoms. The molecule has 3 nitrogen and oxygen atoms in total. The van der Waals surface area contributed by atoms with Gasteiger partial charge in [-0.15, -0.1) is 0 Å². The van der Waals surface area contributed by atoms with Crippen LogP contribution >= 0.6 is 0 Å². The van der Waals surface area contributed by atoms with Crippen LogP contribution in [-0.2, 0) is 4.79 Å². The van der Waals surface area contributed by atoms with Crippen molar-refractivity contribution in [3.63, 3.8) is 0 Å². The van der Waals surface area contributed by atoms with Gasteiger partial charge in [-0.25, -0.2) is 8.78 Å². The summed E-state index contributed by atoms with van der Waals surface area (Å²) in [5.74, 6) is -2.81. The van der Waals surface area contributed by atoms with Gasteiger partial charge in [-0.05, 0) is 18.2 Å². The molecule has 5 heteroatoms.